The van der Waals surface area contributed by atoms with E-state index < -0.39 is 0 Å². The molecule has 0 aromatic carbocycles. The van der Waals surface area contributed by atoms with Crippen molar-refractivity contribution in [1.29, 1.82) is 0 Å². The van der Waals surface area contributed by atoms with Gasteiger partial charge in [0.05, 0.1) is 0 Å². The number of hydrogen-bond donors (Lipinski definition) is 1. The van der Waals surface area contributed by atoms with Crippen molar-refractivity contribution in [3.8, 4) is 0 Å². The molecule has 0 amide bonds. The molecule has 0 fully saturated rings. The Morgan fingerprint density at radius 1 is 1.33 bits per heavy atom. The average molecular weight is 175 g/mol. The van der Waals surface area contributed by atoms with Crippen molar-refractivity contribution in [2.45, 2.75) is 25.2 Å². The maximum atomic E-state index is 5.15. The summed E-state index contributed by atoms with van der Waals surface area (Å²) >= 11 is 0. The number of methoxy groups -OCH3 is 2. The van der Waals surface area contributed by atoms with Crippen LogP contribution in [0.1, 0.15) is 6.92 Å². The predicted molar refractivity (Wildman–Crippen MR) is 46.5 cm³/mol. The van der Waals surface area contributed by atoms with Crippen LogP contribution in [0.5, 0.6) is 0 Å². The summed E-state index contributed by atoms with van der Waals surface area (Å²) in [4.78, 5) is 4.64. The highest BCUT2D eigenvalue weighted by Crippen LogP contribution is 2.09. The average Bonchev–Trinajstić information content (AvgIpc) is 2.12. The van der Waals surface area contributed by atoms with E-state index in [1.54, 1.807) is 20.3 Å². The zero-order valence-corrected chi connectivity index (χ0v) is 7.82. The molecule has 12 heavy (non-hydrogen) atoms. The van der Waals surface area contributed by atoms with Gasteiger partial charge in [0.1, 0.15) is 18.3 Å². The molecule has 0 aliphatic carbocycles. The molecular formula is C8H17NO3. The Morgan fingerprint density at radius 2 is 1.92 bits per heavy atom. The van der Waals surface area contributed by atoms with Crippen molar-refractivity contribution in [2.75, 3.05) is 14.2 Å². The van der Waals surface area contributed by atoms with Crippen molar-refractivity contribution in [2.24, 2.45) is 5.90 Å². The van der Waals surface area contributed by atoms with Crippen LogP contribution in [0.2, 0.25) is 0 Å². The van der Waals surface area contributed by atoms with Gasteiger partial charge in [0, 0.05) is 14.2 Å². The molecule has 2 N–H and O–H groups in total. The zero-order chi connectivity index (χ0) is 9.56. The second-order valence-corrected chi connectivity index (χ2v) is 2.48. The largest absolute Gasteiger partial charge is 0.376 e. The van der Waals surface area contributed by atoms with Gasteiger partial charge in [-0.05, 0) is 6.92 Å². The molecule has 0 saturated heterocycles. The Hall–Kier alpha value is -0.420. The highest BCUT2D eigenvalue weighted by atomic mass is 16.6. The van der Waals surface area contributed by atoms with E-state index in [0.717, 1.165) is 0 Å². The van der Waals surface area contributed by atoms with Crippen LogP contribution in [-0.2, 0) is 14.3 Å². The molecule has 72 valence electrons. The predicted octanol–water partition coefficient (Wildman–Crippen LogP) is 0.481. The summed E-state index contributed by atoms with van der Waals surface area (Å²) in [7, 11) is 3.16. The highest BCUT2D eigenvalue weighted by Gasteiger charge is 2.24. The maximum Gasteiger partial charge on any atom is 0.115 e. The van der Waals surface area contributed by atoms with Gasteiger partial charge < -0.3 is 9.47 Å². The molecule has 0 rings (SSSR count). The zero-order valence-electron chi connectivity index (χ0n) is 7.82. The Labute approximate surface area is 73.2 Å². The molecule has 0 heterocycles. The Bertz CT molecular complexity index is 129. The number of nitrogens with two attached hydrogens (primary N) is 1. The fourth-order valence-corrected chi connectivity index (χ4v) is 1.03. The van der Waals surface area contributed by atoms with E-state index in [9.17, 15) is 0 Å². The number of ether oxygens (including phenoxy) is 2. The topological polar surface area (TPSA) is 53.7 Å². The maximum absolute atomic E-state index is 5.15. The van der Waals surface area contributed by atoms with Crippen LogP contribution in [0.15, 0.2) is 12.7 Å². The molecule has 0 bridgehead atoms. The van der Waals surface area contributed by atoms with E-state index in [1.807, 2.05) is 6.92 Å². The van der Waals surface area contributed by atoms with Crippen molar-refractivity contribution < 1.29 is 14.3 Å². The molecule has 0 aliphatic heterocycles. The van der Waals surface area contributed by atoms with Crippen LogP contribution in [0.25, 0.3) is 0 Å². The van der Waals surface area contributed by atoms with Gasteiger partial charge in [-0.25, -0.2) is 5.90 Å². The molecule has 0 radical (unpaired) electrons. The summed E-state index contributed by atoms with van der Waals surface area (Å²) in [6.45, 7) is 5.43. The van der Waals surface area contributed by atoms with Gasteiger partial charge in [0.15, 0.2) is 0 Å². The van der Waals surface area contributed by atoms with E-state index in [1.165, 1.54) is 0 Å². The van der Waals surface area contributed by atoms with E-state index in [-0.39, 0.29) is 18.3 Å². The van der Waals surface area contributed by atoms with E-state index in [4.69, 9.17) is 15.4 Å². The van der Waals surface area contributed by atoms with Crippen LogP contribution in [0, 0.1) is 0 Å². The minimum atomic E-state index is -0.225. The van der Waals surface area contributed by atoms with Crippen LogP contribution >= 0.6 is 0 Å². The van der Waals surface area contributed by atoms with Gasteiger partial charge in [-0.2, -0.15) is 0 Å². The first kappa shape index (κ1) is 11.6. The van der Waals surface area contributed by atoms with E-state index in [2.05, 4.69) is 11.4 Å². The van der Waals surface area contributed by atoms with Gasteiger partial charge in [-0.15, -0.1) is 6.58 Å². The lowest BCUT2D eigenvalue weighted by molar-refractivity contribution is -0.0980. The molecule has 3 unspecified atom stereocenters. The lowest BCUT2D eigenvalue weighted by Gasteiger charge is -2.25. The third-order valence-electron chi connectivity index (χ3n) is 1.78. The standard InChI is InChI=1S/C8H17NO3/c1-5-7(10-3)8(11-4)6(2)12-9/h5-8H,1,9H2,2-4H3. The molecule has 0 spiro atoms. The molecule has 4 heteroatoms. The Kier molecular flexibility index (Phi) is 5.92. The molecule has 4 nitrogen and oxygen atoms in total. The first-order chi connectivity index (χ1) is 5.71. The normalized spacial score (nSPS) is 18.3. The highest BCUT2D eigenvalue weighted by molar-refractivity contribution is 4.89. The molecule has 0 aromatic heterocycles. The summed E-state index contributed by atoms with van der Waals surface area (Å²) in [5.41, 5.74) is 0. The van der Waals surface area contributed by atoms with Gasteiger partial charge in [0.2, 0.25) is 0 Å². The summed E-state index contributed by atoms with van der Waals surface area (Å²) < 4.78 is 10.2. The number of rotatable bonds is 6. The van der Waals surface area contributed by atoms with Crippen molar-refractivity contribution >= 4 is 0 Å². The molecule has 0 aromatic rings. The minimum absolute atomic E-state index is 0.200. The van der Waals surface area contributed by atoms with Gasteiger partial charge in [-0.3, -0.25) is 4.84 Å². The number of hydrogen-bond acceptors (Lipinski definition) is 4. The lowest BCUT2D eigenvalue weighted by atomic mass is 10.1. The van der Waals surface area contributed by atoms with Crippen LogP contribution in [0.4, 0.5) is 0 Å². The SMILES string of the molecule is C=CC(OC)C(OC)C(C)ON. The van der Waals surface area contributed by atoms with E-state index in [0.29, 0.717) is 0 Å². The monoisotopic (exact) mass is 175 g/mol. The second-order valence-electron chi connectivity index (χ2n) is 2.48. The molecular weight excluding hydrogens is 158 g/mol. The Morgan fingerprint density at radius 3 is 2.17 bits per heavy atom. The fraction of sp³-hybridized carbons (Fsp3) is 0.750. The van der Waals surface area contributed by atoms with Crippen molar-refractivity contribution in [3.05, 3.63) is 12.7 Å². The summed E-state index contributed by atoms with van der Waals surface area (Å²) in [5, 5.41) is 0. The van der Waals surface area contributed by atoms with E-state index >= 15 is 0 Å². The molecule has 0 saturated carbocycles. The Balaban J connectivity index is 4.19. The summed E-state index contributed by atoms with van der Waals surface area (Å²) in [5.74, 6) is 5.03. The third-order valence-corrected chi connectivity index (χ3v) is 1.78. The third kappa shape index (κ3) is 2.91. The van der Waals surface area contributed by atoms with Crippen LogP contribution in [-0.4, -0.2) is 32.5 Å². The molecule has 3 atom stereocenters. The summed E-state index contributed by atoms with van der Waals surface area (Å²) in [6.07, 6.45) is 1.01. The molecule has 0 aliphatic rings. The smallest absolute Gasteiger partial charge is 0.115 e. The van der Waals surface area contributed by atoms with Crippen molar-refractivity contribution in [3.63, 3.8) is 0 Å². The lowest BCUT2D eigenvalue weighted by Crippen LogP contribution is -2.40. The summed E-state index contributed by atoms with van der Waals surface area (Å²) in [6, 6.07) is 0. The first-order valence-corrected chi connectivity index (χ1v) is 3.74. The second kappa shape index (κ2) is 6.14. The van der Waals surface area contributed by atoms with Crippen LogP contribution in [0.3, 0.4) is 0 Å². The minimum Gasteiger partial charge on any atom is -0.376 e. The van der Waals surface area contributed by atoms with Crippen molar-refractivity contribution in [1.82, 2.24) is 0 Å². The fourth-order valence-electron chi connectivity index (χ4n) is 1.03. The van der Waals surface area contributed by atoms with Gasteiger partial charge in [-0.1, -0.05) is 6.08 Å². The van der Waals surface area contributed by atoms with Gasteiger partial charge >= 0.3 is 0 Å². The van der Waals surface area contributed by atoms with Crippen LogP contribution < -0.4 is 5.90 Å². The quantitative estimate of drug-likeness (QED) is 0.471. The van der Waals surface area contributed by atoms with Gasteiger partial charge in [0.25, 0.3) is 0 Å². The first-order valence-electron chi connectivity index (χ1n) is 3.74.